The lowest BCUT2D eigenvalue weighted by molar-refractivity contribution is -0.274. The van der Waals surface area contributed by atoms with Crippen molar-refractivity contribution in [3.05, 3.63) is 54.6 Å². The highest BCUT2D eigenvalue weighted by molar-refractivity contribution is 7.89. The Morgan fingerprint density at radius 2 is 1.69 bits per heavy atom. The lowest BCUT2D eigenvalue weighted by Crippen LogP contribution is -2.31. The Morgan fingerprint density at radius 1 is 1.04 bits per heavy atom. The summed E-state index contributed by atoms with van der Waals surface area (Å²) in [6.07, 6.45) is -4.17. The zero-order valence-corrected chi connectivity index (χ0v) is 14.4. The van der Waals surface area contributed by atoms with E-state index in [4.69, 9.17) is 0 Å². The summed E-state index contributed by atoms with van der Waals surface area (Å²) >= 11 is 0. The van der Waals surface area contributed by atoms with Crippen molar-refractivity contribution in [2.24, 2.45) is 0 Å². The van der Waals surface area contributed by atoms with Gasteiger partial charge < -0.3 is 10.1 Å². The summed E-state index contributed by atoms with van der Waals surface area (Å²) in [5.41, 5.74) is 0.908. The lowest BCUT2D eigenvalue weighted by Gasteiger charge is -2.18. The molecule has 0 aromatic heterocycles. The molecule has 3 rings (SSSR count). The Morgan fingerprint density at radius 3 is 2.31 bits per heavy atom. The second kappa shape index (κ2) is 7.16. The molecule has 1 unspecified atom stereocenters. The third-order valence-electron chi connectivity index (χ3n) is 3.99. The van der Waals surface area contributed by atoms with Crippen molar-refractivity contribution in [1.29, 1.82) is 0 Å². The van der Waals surface area contributed by atoms with Crippen LogP contribution in [0, 0.1) is 0 Å². The van der Waals surface area contributed by atoms with Crippen molar-refractivity contribution < 1.29 is 26.3 Å². The van der Waals surface area contributed by atoms with Gasteiger partial charge in [0.1, 0.15) is 5.75 Å². The molecular formula is C17H17F3N2O3S. The van der Waals surface area contributed by atoms with E-state index in [0.717, 1.165) is 30.0 Å². The van der Waals surface area contributed by atoms with Gasteiger partial charge in [0, 0.05) is 24.8 Å². The van der Waals surface area contributed by atoms with Crippen LogP contribution in [-0.4, -0.2) is 38.2 Å². The lowest BCUT2D eigenvalue weighted by atomic mass is 10.2. The van der Waals surface area contributed by atoms with E-state index in [2.05, 4.69) is 10.1 Å². The molecule has 26 heavy (non-hydrogen) atoms. The Balaban J connectivity index is 1.67. The minimum absolute atomic E-state index is 0.0278. The summed E-state index contributed by atoms with van der Waals surface area (Å²) in [5.74, 6) is -0.457. The molecule has 1 aliphatic rings. The molecule has 1 heterocycles. The summed E-state index contributed by atoms with van der Waals surface area (Å²) in [5, 5.41) is 3.28. The van der Waals surface area contributed by atoms with Crippen molar-refractivity contribution in [2.75, 3.05) is 18.4 Å². The first-order valence-electron chi connectivity index (χ1n) is 7.91. The first kappa shape index (κ1) is 18.5. The highest BCUT2D eigenvalue weighted by atomic mass is 32.2. The quantitative estimate of drug-likeness (QED) is 0.855. The van der Waals surface area contributed by atoms with Gasteiger partial charge in [0.2, 0.25) is 10.0 Å². The minimum Gasteiger partial charge on any atom is -0.406 e. The van der Waals surface area contributed by atoms with Crippen molar-refractivity contribution in [3.8, 4) is 5.75 Å². The molecule has 2 aromatic rings. The first-order chi connectivity index (χ1) is 12.2. The third kappa shape index (κ3) is 4.47. The molecule has 1 fully saturated rings. The van der Waals surface area contributed by atoms with Crippen LogP contribution in [0.2, 0.25) is 0 Å². The van der Waals surface area contributed by atoms with Crippen LogP contribution in [0.3, 0.4) is 0 Å². The van der Waals surface area contributed by atoms with E-state index in [9.17, 15) is 21.6 Å². The summed E-state index contributed by atoms with van der Waals surface area (Å²) in [6, 6.07) is 13.7. The average Bonchev–Trinajstić information content (AvgIpc) is 3.04. The Labute approximate surface area is 149 Å². The molecule has 1 saturated heterocycles. The van der Waals surface area contributed by atoms with E-state index in [1.807, 2.05) is 30.3 Å². The Hall–Kier alpha value is -2.26. The predicted molar refractivity (Wildman–Crippen MR) is 90.4 cm³/mol. The highest BCUT2D eigenvalue weighted by Crippen LogP contribution is 2.27. The van der Waals surface area contributed by atoms with E-state index in [0.29, 0.717) is 13.0 Å². The van der Waals surface area contributed by atoms with Gasteiger partial charge in [-0.2, -0.15) is 4.31 Å². The van der Waals surface area contributed by atoms with Gasteiger partial charge in [-0.3, -0.25) is 0 Å². The number of benzene rings is 2. The van der Waals surface area contributed by atoms with Crippen LogP contribution in [-0.2, 0) is 10.0 Å². The summed E-state index contributed by atoms with van der Waals surface area (Å²) in [4.78, 5) is -0.0626. The number of rotatable bonds is 5. The second-order valence-corrected chi connectivity index (χ2v) is 7.82. The topological polar surface area (TPSA) is 58.6 Å². The van der Waals surface area contributed by atoms with Gasteiger partial charge in [0.25, 0.3) is 0 Å². The molecule has 1 N–H and O–H groups in total. The van der Waals surface area contributed by atoms with Crippen LogP contribution in [0.5, 0.6) is 5.75 Å². The van der Waals surface area contributed by atoms with Crippen LogP contribution >= 0.6 is 0 Å². The molecule has 0 amide bonds. The monoisotopic (exact) mass is 386 g/mol. The largest absolute Gasteiger partial charge is 0.573 e. The van der Waals surface area contributed by atoms with E-state index >= 15 is 0 Å². The normalized spacial score (nSPS) is 18.7. The number of nitrogens with zero attached hydrogens (tertiary/aromatic N) is 1. The molecule has 0 radical (unpaired) electrons. The zero-order valence-electron chi connectivity index (χ0n) is 13.6. The second-order valence-electron chi connectivity index (χ2n) is 5.88. The van der Waals surface area contributed by atoms with Crippen LogP contribution in [0.25, 0.3) is 0 Å². The van der Waals surface area contributed by atoms with Crippen molar-refractivity contribution in [3.63, 3.8) is 0 Å². The number of hydrogen-bond acceptors (Lipinski definition) is 4. The predicted octanol–water partition coefficient (Wildman–Crippen LogP) is 3.46. The van der Waals surface area contributed by atoms with Gasteiger partial charge >= 0.3 is 6.36 Å². The van der Waals surface area contributed by atoms with Gasteiger partial charge in [0.05, 0.1) is 4.90 Å². The number of halogens is 3. The van der Waals surface area contributed by atoms with Crippen LogP contribution < -0.4 is 10.1 Å². The van der Waals surface area contributed by atoms with Crippen LogP contribution in [0.15, 0.2) is 59.5 Å². The molecule has 9 heteroatoms. The number of anilines is 1. The Kier molecular flexibility index (Phi) is 5.10. The first-order valence-corrected chi connectivity index (χ1v) is 9.35. The highest BCUT2D eigenvalue weighted by Gasteiger charge is 2.33. The fourth-order valence-electron chi connectivity index (χ4n) is 2.80. The number of hydrogen-bond donors (Lipinski definition) is 1. The number of nitrogens with one attached hydrogen (secondary N) is 1. The maximum Gasteiger partial charge on any atom is 0.573 e. The molecule has 0 saturated carbocycles. The van der Waals surface area contributed by atoms with Crippen molar-refractivity contribution >= 4 is 15.7 Å². The SMILES string of the molecule is O=S(=O)(c1ccc(OC(F)(F)F)cc1)N1CCC(Nc2ccccc2)C1. The van der Waals surface area contributed by atoms with E-state index < -0.39 is 22.1 Å². The molecule has 140 valence electrons. The number of alkyl halides is 3. The Bertz CT molecular complexity index is 840. The minimum atomic E-state index is -4.81. The van der Waals surface area contributed by atoms with E-state index in [-0.39, 0.29) is 17.5 Å². The standard InChI is InChI=1S/C17H17F3N2O3S/c18-17(19,20)25-15-6-8-16(9-7-15)26(23,24)22-11-10-14(12-22)21-13-4-2-1-3-5-13/h1-9,14,21H,10-12H2. The van der Waals surface area contributed by atoms with Crippen LogP contribution in [0.1, 0.15) is 6.42 Å². The maximum atomic E-state index is 12.7. The van der Waals surface area contributed by atoms with Gasteiger partial charge in [-0.05, 0) is 42.8 Å². The average molecular weight is 386 g/mol. The summed E-state index contributed by atoms with van der Waals surface area (Å²) < 4.78 is 67.0. The molecule has 0 aliphatic carbocycles. The number of ether oxygens (including phenoxy) is 1. The fraction of sp³-hybridized carbons (Fsp3) is 0.294. The third-order valence-corrected chi connectivity index (χ3v) is 5.87. The maximum absolute atomic E-state index is 12.7. The van der Waals surface area contributed by atoms with E-state index in [1.54, 1.807) is 0 Å². The smallest absolute Gasteiger partial charge is 0.406 e. The number of sulfonamides is 1. The van der Waals surface area contributed by atoms with Gasteiger partial charge in [-0.15, -0.1) is 13.2 Å². The van der Waals surface area contributed by atoms with E-state index in [1.165, 1.54) is 4.31 Å². The molecule has 5 nitrogen and oxygen atoms in total. The molecular weight excluding hydrogens is 369 g/mol. The zero-order chi connectivity index (χ0) is 18.8. The van der Waals surface area contributed by atoms with Crippen molar-refractivity contribution in [2.45, 2.75) is 23.7 Å². The molecule has 1 atom stereocenters. The molecule has 0 bridgehead atoms. The van der Waals surface area contributed by atoms with Gasteiger partial charge in [-0.1, -0.05) is 18.2 Å². The molecule has 1 aliphatic heterocycles. The van der Waals surface area contributed by atoms with Gasteiger partial charge in [0.15, 0.2) is 0 Å². The van der Waals surface area contributed by atoms with Crippen LogP contribution in [0.4, 0.5) is 18.9 Å². The van der Waals surface area contributed by atoms with Crippen molar-refractivity contribution in [1.82, 2.24) is 4.31 Å². The summed E-state index contributed by atoms with van der Waals surface area (Å²) in [6.45, 7) is 0.631. The molecule has 2 aromatic carbocycles. The summed E-state index contributed by atoms with van der Waals surface area (Å²) in [7, 11) is -3.77. The number of para-hydroxylation sites is 1. The fourth-order valence-corrected chi connectivity index (χ4v) is 4.30. The van der Waals surface area contributed by atoms with Gasteiger partial charge in [-0.25, -0.2) is 8.42 Å². The molecule has 0 spiro atoms.